The van der Waals surface area contributed by atoms with E-state index in [1.165, 1.54) is 60.5 Å². The Labute approximate surface area is 353 Å². The summed E-state index contributed by atoms with van der Waals surface area (Å²) in [6, 6.07) is 66.3. The first-order valence-corrected chi connectivity index (χ1v) is 21.1. The van der Waals surface area contributed by atoms with Crippen LogP contribution in [-0.4, -0.2) is 6.71 Å². The fraction of sp³-hybridized carbons (Fsp3) is 0.123. The van der Waals surface area contributed by atoms with Crippen molar-refractivity contribution in [2.75, 3.05) is 0 Å². The molecule has 0 atom stereocenters. The predicted octanol–water partition coefficient (Wildman–Crippen LogP) is 13.3. The van der Waals surface area contributed by atoms with Gasteiger partial charge in [0.1, 0.15) is 23.0 Å². The first kappa shape index (κ1) is 36.3. The molecule has 0 fully saturated rings. The number of para-hydroxylation sites is 1. The van der Waals surface area contributed by atoms with Crippen LogP contribution in [0.3, 0.4) is 0 Å². The molecule has 9 aromatic rings. The van der Waals surface area contributed by atoms with Gasteiger partial charge in [0.05, 0.1) is 0 Å². The quantitative estimate of drug-likeness (QED) is 0.128. The van der Waals surface area contributed by atoms with E-state index in [4.69, 9.17) is 9.47 Å². The average Bonchev–Trinajstić information content (AvgIpc) is 3.27. The minimum absolute atomic E-state index is 0.0102. The molecular weight excluding hydrogens is 727 g/mol. The molecule has 0 spiro atoms. The molecule has 0 N–H and O–H groups in total. The molecular formula is C57H45BO2. The van der Waals surface area contributed by atoms with Gasteiger partial charge in [-0.1, -0.05) is 186 Å². The molecule has 0 aromatic heterocycles. The lowest BCUT2D eigenvalue weighted by Crippen LogP contribution is -2.57. The molecule has 9 aromatic carbocycles. The summed E-state index contributed by atoms with van der Waals surface area (Å²) < 4.78 is 13.9. The van der Waals surface area contributed by atoms with Crippen LogP contribution in [0, 0.1) is 0 Å². The van der Waals surface area contributed by atoms with Crippen molar-refractivity contribution >= 4 is 44.6 Å². The molecule has 0 unspecified atom stereocenters. The van der Waals surface area contributed by atoms with Crippen molar-refractivity contribution in [1.82, 2.24) is 0 Å². The van der Waals surface area contributed by atoms with Crippen LogP contribution in [0.2, 0.25) is 0 Å². The van der Waals surface area contributed by atoms with Crippen molar-refractivity contribution in [2.45, 2.75) is 45.4 Å². The van der Waals surface area contributed by atoms with Crippen LogP contribution in [0.25, 0.3) is 54.9 Å². The second kappa shape index (κ2) is 13.6. The van der Waals surface area contributed by atoms with Crippen LogP contribution in [0.4, 0.5) is 0 Å². The molecule has 0 saturated carbocycles. The number of ether oxygens (including phenoxy) is 2. The highest BCUT2D eigenvalue weighted by atomic mass is 16.5. The van der Waals surface area contributed by atoms with Crippen molar-refractivity contribution in [1.29, 1.82) is 0 Å². The summed E-state index contributed by atoms with van der Waals surface area (Å²) in [6.07, 6.45) is 0. The largest absolute Gasteiger partial charge is 0.458 e. The fourth-order valence-electron chi connectivity index (χ4n) is 9.75. The van der Waals surface area contributed by atoms with Gasteiger partial charge in [-0.3, -0.25) is 0 Å². The Morgan fingerprint density at radius 3 is 1.48 bits per heavy atom. The second-order valence-electron chi connectivity index (χ2n) is 18.1. The number of hydrogen-bond acceptors (Lipinski definition) is 2. The fourth-order valence-corrected chi connectivity index (χ4v) is 9.75. The van der Waals surface area contributed by atoms with Gasteiger partial charge in [0, 0.05) is 10.9 Å². The maximum atomic E-state index is 7.08. The second-order valence-corrected chi connectivity index (χ2v) is 18.1. The van der Waals surface area contributed by atoms with Gasteiger partial charge in [0.15, 0.2) is 0 Å². The van der Waals surface area contributed by atoms with Gasteiger partial charge < -0.3 is 9.47 Å². The first-order chi connectivity index (χ1) is 29.1. The SMILES string of the molecule is CC(C)(C)c1cc(-c2cc3c4c(c2)Oc2cc(C(C)(C)c5ccccc5)ccc2B4c2ccccc2O3)cc(-c2c3ccccc3c(-c3ccccc3)c3ccccc23)c1. The maximum absolute atomic E-state index is 7.08. The van der Waals surface area contributed by atoms with E-state index in [0.717, 1.165) is 50.5 Å². The lowest BCUT2D eigenvalue weighted by atomic mass is 9.34. The Balaban J connectivity index is 1.12. The summed E-state index contributed by atoms with van der Waals surface area (Å²) >= 11 is 0. The summed E-state index contributed by atoms with van der Waals surface area (Å²) in [5, 5.41) is 4.98. The monoisotopic (exact) mass is 772 g/mol. The molecule has 2 nitrogen and oxygen atoms in total. The third kappa shape index (κ3) is 5.79. The first-order valence-electron chi connectivity index (χ1n) is 21.1. The van der Waals surface area contributed by atoms with E-state index in [1.807, 2.05) is 0 Å². The van der Waals surface area contributed by atoms with Gasteiger partial charge in [0.25, 0.3) is 6.71 Å². The van der Waals surface area contributed by atoms with Gasteiger partial charge in [-0.05, 0) is 118 Å². The molecule has 0 amide bonds. The zero-order valence-electron chi connectivity index (χ0n) is 34.7. The van der Waals surface area contributed by atoms with Crippen molar-refractivity contribution in [3.8, 4) is 56.4 Å². The molecule has 2 heterocycles. The molecule has 0 aliphatic carbocycles. The molecule has 11 rings (SSSR count). The summed E-state index contributed by atoms with van der Waals surface area (Å²) in [7, 11) is 0. The van der Waals surface area contributed by atoms with Crippen molar-refractivity contribution in [2.24, 2.45) is 0 Å². The van der Waals surface area contributed by atoms with E-state index < -0.39 is 0 Å². The molecule has 0 saturated heterocycles. The van der Waals surface area contributed by atoms with E-state index in [2.05, 4.69) is 217 Å². The zero-order chi connectivity index (χ0) is 40.8. The zero-order valence-corrected chi connectivity index (χ0v) is 34.7. The topological polar surface area (TPSA) is 18.5 Å². The van der Waals surface area contributed by atoms with Crippen LogP contribution < -0.4 is 25.9 Å². The van der Waals surface area contributed by atoms with Gasteiger partial charge in [-0.25, -0.2) is 0 Å². The Bertz CT molecular complexity index is 3100. The van der Waals surface area contributed by atoms with Crippen LogP contribution in [0.5, 0.6) is 23.0 Å². The Morgan fingerprint density at radius 2 is 0.850 bits per heavy atom. The van der Waals surface area contributed by atoms with Gasteiger partial charge in [0.2, 0.25) is 0 Å². The van der Waals surface area contributed by atoms with Crippen LogP contribution in [0.1, 0.15) is 51.3 Å². The van der Waals surface area contributed by atoms with Gasteiger partial charge in [-0.2, -0.15) is 0 Å². The highest BCUT2D eigenvalue weighted by Gasteiger charge is 2.41. The summed E-state index contributed by atoms with van der Waals surface area (Å²) in [5.74, 6) is 3.47. The minimum Gasteiger partial charge on any atom is -0.458 e. The number of hydrogen-bond donors (Lipinski definition) is 0. The molecule has 2 aliphatic heterocycles. The molecule has 3 heteroatoms. The van der Waals surface area contributed by atoms with Gasteiger partial charge >= 0.3 is 0 Å². The molecule has 288 valence electrons. The Morgan fingerprint density at radius 1 is 0.350 bits per heavy atom. The minimum atomic E-state index is -0.210. The predicted molar refractivity (Wildman–Crippen MR) is 253 cm³/mol. The van der Waals surface area contributed by atoms with E-state index in [9.17, 15) is 0 Å². The number of rotatable bonds is 5. The molecule has 0 radical (unpaired) electrons. The van der Waals surface area contributed by atoms with Crippen LogP contribution in [-0.2, 0) is 10.8 Å². The lowest BCUT2D eigenvalue weighted by Gasteiger charge is -2.34. The van der Waals surface area contributed by atoms with Crippen LogP contribution >= 0.6 is 0 Å². The van der Waals surface area contributed by atoms with Crippen molar-refractivity contribution in [3.05, 3.63) is 199 Å². The Kier molecular flexibility index (Phi) is 8.23. The van der Waals surface area contributed by atoms with E-state index in [-0.39, 0.29) is 17.5 Å². The highest BCUT2D eigenvalue weighted by Crippen LogP contribution is 2.46. The number of fused-ring (bicyclic) bond motifs is 6. The third-order valence-corrected chi connectivity index (χ3v) is 13.0. The van der Waals surface area contributed by atoms with Crippen molar-refractivity contribution in [3.63, 3.8) is 0 Å². The molecule has 0 bridgehead atoms. The maximum Gasteiger partial charge on any atom is 0.260 e. The smallest absolute Gasteiger partial charge is 0.260 e. The average molecular weight is 773 g/mol. The van der Waals surface area contributed by atoms with E-state index in [1.54, 1.807) is 0 Å². The molecule has 60 heavy (non-hydrogen) atoms. The van der Waals surface area contributed by atoms with Crippen LogP contribution in [0.15, 0.2) is 182 Å². The van der Waals surface area contributed by atoms with E-state index in [0.29, 0.717) is 0 Å². The lowest BCUT2D eigenvalue weighted by molar-refractivity contribution is 0.463. The number of benzene rings is 9. The highest BCUT2D eigenvalue weighted by molar-refractivity contribution is 6.98. The van der Waals surface area contributed by atoms with Crippen molar-refractivity contribution < 1.29 is 9.47 Å². The summed E-state index contributed by atoms with van der Waals surface area (Å²) in [6.45, 7) is 11.5. The Hall–Kier alpha value is -6.84. The van der Waals surface area contributed by atoms with Gasteiger partial charge in [-0.15, -0.1) is 0 Å². The standard InChI is InChI=1S/C57H45BO2/c1-56(2,3)42-31-37(30-39(32-42)54-45-24-14-12-22-43(45)53(36-18-8-6-9-19-36)44-23-13-15-25-46(44)54)38-33-51-55-52(34-38)60-50-35-41(57(4,5)40-20-10-7-11-21-40)28-29-48(50)58(55)47-26-16-17-27-49(47)59-51/h6-35H,1-5H3. The summed E-state index contributed by atoms with van der Waals surface area (Å²) in [4.78, 5) is 0. The molecule has 2 aliphatic rings. The van der Waals surface area contributed by atoms with E-state index >= 15 is 0 Å². The normalized spacial score (nSPS) is 13.0. The third-order valence-electron chi connectivity index (χ3n) is 13.0. The summed E-state index contributed by atoms with van der Waals surface area (Å²) in [5.41, 5.74) is 14.0.